The minimum absolute atomic E-state index is 0.0221. The van der Waals surface area contributed by atoms with E-state index in [0.29, 0.717) is 11.4 Å². The maximum Gasteiger partial charge on any atom is 0.319 e. The average molecular weight is 603 g/mol. The van der Waals surface area contributed by atoms with Gasteiger partial charge < -0.3 is 30.1 Å². The van der Waals surface area contributed by atoms with Crippen molar-refractivity contribution in [3.05, 3.63) is 48.0 Å². The minimum Gasteiger partial charge on any atom is -0.497 e. The predicted octanol–water partition coefficient (Wildman–Crippen LogP) is 3.69. The third-order valence-corrected chi connectivity index (χ3v) is 9.91. The van der Waals surface area contributed by atoms with E-state index in [9.17, 15) is 23.1 Å². The number of anilines is 1. The molecule has 1 saturated carbocycles. The number of carbonyl (C=O) groups excluding carboxylic acids is 2. The van der Waals surface area contributed by atoms with Gasteiger partial charge in [-0.25, -0.2) is 13.2 Å². The molecule has 0 spiro atoms. The maximum atomic E-state index is 13.7. The Kier molecular flexibility index (Phi) is 10.3. The Balaban J connectivity index is 1.58. The number of urea groups is 1. The molecule has 1 aliphatic carbocycles. The van der Waals surface area contributed by atoms with Gasteiger partial charge in [-0.05, 0) is 62.2 Å². The molecule has 3 atom stereocenters. The van der Waals surface area contributed by atoms with Crippen LogP contribution >= 0.6 is 0 Å². The number of nitrogens with one attached hydrogen (secondary N) is 2. The van der Waals surface area contributed by atoms with Gasteiger partial charge in [-0.2, -0.15) is 4.31 Å². The normalized spacial score (nSPS) is 20.6. The molecule has 1 heterocycles. The quantitative estimate of drug-likeness (QED) is 0.398. The number of methoxy groups -OCH3 is 1. The summed E-state index contributed by atoms with van der Waals surface area (Å²) >= 11 is 0. The zero-order chi connectivity index (χ0) is 30.4. The Morgan fingerprint density at radius 2 is 1.86 bits per heavy atom. The molecular weight excluding hydrogens is 560 g/mol. The number of hydrogen-bond donors (Lipinski definition) is 3. The molecule has 0 bridgehead atoms. The first kappa shape index (κ1) is 31.6. The smallest absolute Gasteiger partial charge is 0.319 e. The van der Waals surface area contributed by atoms with Crippen molar-refractivity contribution < 1.29 is 32.6 Å². The predicted molar refractivity (Wildman–Crippen MR) is 159 cm³/mol. The van der Waals surface area contributed by atoms with E-state index in [4.69, 9.17) is 9.47 Å². The zero-order valence-corrected chi connectivity index (χ0v) is 25.5. The van der Waals surface area contributed by atoms with Crippen LogP contribution in [0, 0.1) is 5.92 Å². The lowest BCUT2D eigenvalue weighted by atomic mass is 9.96. The van der Waals surface area contributed by atoms with Crippen molar-refractivity contribution in [2.24, 2.45) is 5.92 Å². The summed E-state index contributed by atoms with van der Waals surface area (Å²) in [5, 5.41) is 15.8. The second-order valence-corrected chi connectivity index (χ2v) is 13.3. The van der Waals surface area contributed by atoms with Crippen molar-refractivity contribution in [2.45, 2.75) is 69.0 Å². The summed E-state index contributed by atoms with van der Waals surface area (Å²) in [5.74, 6) is 0.213. The lowest BCUT2D eigenvalue weighted by molar-refractivity contribution is 0.0387. The number of aliphatic hydroxyl groups is 1. The van der Waals surface area contributed by atoms with Gasteiger partial charge in [0.25, 0.3) is 5.91 Å². The Labute approximate surface area is 248 Å². The average Bonchev–Trinajstić information content (AvgIpc) is 2.99. The van der Waals surface area contributed by atoms with Gasteiger partial charge in [0.1, 0.15) is 17.6 Å². The number of hydrogen-bond acceptors (Lipinski definition) is 7. The van der Waals surface area contributed by atoms with Crippen LogP contribution in [0.15, 0.2) is 47.4 Å². The Morgan fingerprint density at radius 1 is 1.17 bits per heavy atom. The van der Waals surface area contributed by atoms with Crippen molar-refractivity contribution in [1.29, 1.82) is 0 Å². The van der Waals surface area contributed by atoms with E-state index in [-0.39, 0.29) is 59.8 Å². The van der Waals surface area contributed by atoms with Crippen LogP contribution in [0.1, 0.15) is 56.3 Å². The molecule has 3 N–H and O–H groups in total. The molecule has 2 aromatic rings. The van der Waals surface area contributed by atoms with Crippen LogP contribution in [-0.2, 0) is 10.0 Å². The van der Waals surface area contributed by atoms with Crippen molar-refractivity contribution in [1.82, 2.24) is 14.5 Å². The molecule has 11 nitrogen and oxygen atoms in total. The Bertz CT molecular complexity index is 1350. The molecule has 1 fully saturated rings. The number of amides is 3. The Morgan fingerprint density at radius 3 is 2.50 bits per heavy atom. The minimum atomic E-state index is -3.84. The molecule has 12 heteroatoms. The number of likely N-dealkylation sites (N-methyl/N-ethyl adjacent to an activating group) is 1. The number of aliphatic hydroxyl groups excluding tert-OH is 1. The molecule has 230 valence electrons. The van der Waals surface area contributed by atoms with E-state index in [1.165, 1.54) is 37.0 Å². The van der Waals surface area contributed by atoms with Crippen molar-refractivity contribution in [3.8, 4) is 11.5 Å². The van der Waals surface area contributed by atoms with Gasteiger partial charge in [-0.3, -0.25) is 4.79 Å². The van der Waals surface area contributed by atoms with Gasteiger partial charge in [0, 0.05) is 31.2 Å². The van der Waals surface area contributed by atoms with Crippen molar-refractivity contribution in [2.75, 3.05) is 39.2 Å². The van der Waals surface area contributed by atoms with E-state index in [1.54, 1.807) is 42.2 Å². The standard InChI is InChI=1S/C30H42N4O7S/c1-20-17-34(21(2)19-35)29(36)26-16-23(32-30(37)31-22-8-6-5-7-9-22)10-15-27(26)41-28(20)18-33(3)42(38,39)25-13-11-24(40-4)12-14-25/h10-16,20-22,28,35H,5-9,17-19H2,1-4H3,(H2,31,32,37)/t20-,21+,28+/m1/s1. The largest absolute Gasteiger partial charge is 0.497 e. The number of fused-ring (bicyclic) bond motifs is 1. The molecule has 0 radical (unpaired) electrons. The van der Waals surface area contributed by atoms with Crippen LogP contribution in [-0.4, -0.2) is 86.7 Å². The van der Waals surface area contributed by atoms with E-state index >= 15 is 0 Å². The molecule has 2 aromatic carbocycles. The van der Waals surface area contributed by atoms with Gasteiger partial charge in [0.15, 0.2) is 0 Å². The fourth-order valence-electron chi connectivity index (χ4n) is 5.40. The molecule has 0 unspecified atom stereocenters. The summed E-state index contributed by atoms with van der Waals surface area (Å²) in [4.78, 5) is 28.1. The lowest BCUT2D eigenvalue weighted by Gasteiger charge is -2.38. The van der Waals surface area contributed by atoms with Crippen LogP contribution in [0.2, 0.25) is 0 Å². The molecule has 3 amide bonds. The van der Waals surface area contributed by atoms with Crippen LogP contribution in [0.3, 0.4) is 0 Å². The van der Waals surface area contributed by atoms with E-state index in [0.717, 1.165) is 25.7 Å². The van der Waals surface area contributed by atoms with Gasteiger partial charge in [0.2, 0.25) is 10.0 Å². The summed E-state index contributed by atoms with van der Waals surface area (Å²) in [7, 11) is -0.836. The molecule has 0 saturated heterocycles. The molecule has 0 aromatic heterocycles. The SMILES string of the molecule is COc1ccc(S(=O)(=O)N(C)C[C@@H]2Oc3ccc(NC(=O)NC4CCCCC4)cc3C(=O)N([C@@H](C)CO)C[C@H]2C)cc1. The highest BCUT2D eigenvalue weighted by Crippen LogP contribution is 2.31. The number of carbonyl (C=O) groups is 2. The van der Waals surface area contributed by atoms with Crippen LogP contribution < -0.4 is 20.1 Å². The highest BCUT2D eigenvalue weighted by molar-refractivity contribution is 7.89. The van der Waals surface area contributed by atoms with Crippen LogP contribution in [0.25, 0.3) is 0 Å². The molecule has 42 heavy (non-hydrogen) atoms. The zero-order valence-electron chi connectivity index (χ0n) is 24.7. The number of ether oxygens (including phenoxy) is 2. The second kappa shape index (κ2) is 13.7. The summed E-state index contributed by atoms with van der Waals surface area (Å²) in [5.41, 5.74) is 0.656. The fourth-order valence-corrected chi connectivity index (χ4v) is 6.58. The number of benzene rings is 2. The summed E-state index contributed by atoms with van der Waals surface area (Å²) in [6.07, 6.45) is 4.63. The van der Waals surface area contributed by atoms with E-state index in [1.807, 2.05) is 6.92 Å². The van der Waals surface area contributed by atoms with E-state index < -0.39 is 22.2 Å². The summed E-state index contributed by atoms with van der Waals surface area (Å²) < 4.78 is 39.4. The van der Waals surface area contributed by atoms with Gasteiger partial charge >= 0.3 is 6.03 Å². The van der Waals surface area contributed by atoms with Crippen molar-refractivity contribution in [3.63, 3.8) is 0 Å². The maximum absolute atomic E-state index is 13.7. The summed E-state index contributed by atoms with van der Waals surface area (Å²) in [6.45, 7) is 3.66. The first-order valence-corrected chi connectivity index (χ1v) is 15.9. The molecule has 2 aliphatic rings. The molecule has 1 aliphatic heterocycles. The number of nitrogens with zero attached hydrogens (tertiary/aromatic N) is 2. The third kappa shape index (κ3) is 7.34. The fraction of sp³-hybridized carbons (Fsp3) is 0.533. The first-order valence-electron chi connectivity index (χ1n) is 14.4. The monoisotopic (exact) mass is 602 g/mol. The first-order chi connectivity index (χ1) is 20.0. The highest BCUT2D eigenvalue weighted by atomic mass is 32.2. The number of sulfonamides is 1. The number of rotatable bonds is 9. The second-order valence-electron chi connectivity index (χ2n) is 11.2. The Hall–Kier alpha value is -3.35. The molecule has 4 rings (SSSR count). The topological polar surface area (TPSA) is 138 Å². The van der Waals surface area contributed by atoms with Crippen LogP contribution in [0.5, 0.6) is 11.5 Å². The van der Waals surface area contributed by atoms with E-state index in [2.05, 4.69) is 10.6 Å². The summed E-state index contributed by atoms with van der Waals surface area (Å²) in [6, 6.07) is 10.3. The van der Waals surface area contributed by atoms with Gasteiger partial charge in [-0.1, -0.05) is 26.2 Å². The van der Waals surface area contributed by atoms with Gasteiger partial charge in [0.05, 0.1) is 36.8 Å². The highest BCUT2D eigenvalue weighted by Gasteiger charge is 2.35. The molecular formula is C30H42N4O7S. The van der Waals surface area contributed by atoms with Crippen molar-refractivity contribution >= 4 is 27.6 Å². The van der Waals surface area contributed by atoms with Crippen LogP contribution in [0.4, 0.5) is 10.5 Å². The third-order valence-electron chi connectivity index (χ3n) is 8.07. The van der Waals surface area contributed by atoms with Gasteiger partial charge in [-0.15, -0.1) is 0 Å². The lowest BCUT2D eigenvalue weighted by Crippen LogP contribution is -2.50.